The lowest BCUT2D eigenvalue weighted by molar-refractivity contribution is -0.143. The van der Waals surface area contributed by atoms with Gasteiger partial charge in [-0.15, -0.1) is 0 Å². The highest BCUT2D eigenvalue weighted by Crippen LogP contribution is 2.23. The number of halogens is 2. The molecule has 176 valence electrons. The minimum atomic E-state index is -2.85. The van der Waals surface area contributed by atoms with E-state index in [0.717, 1.165) is 35.5 Å². The third-order valence-electron chi connectivity index (χ3n) is 5.59. The predicted octanol–water partition coefficient (Wildman–Crippen LogP) is 5.26. The van der Waals surface area contributed by atoms with Gasteiger partial charge in [-0.1, -0.05) is 24.3 Å². The lowest BCUT2D eigenvalue weighted by Gasteiger charge is -2.28. The molecule has 1 aliphatic rings. The van der Waals surface area contributed by atoms with Crippen LogP contribution in [-0.2, 0) is 4.79 Å². The van der Waals surface area contributed by atoms with E-state index in [1.807, 2.05) is 36.5 Å². The van der Waals surface area contributed by atoms with Crippen LogP contribution in [0.2, 0.25) is 0 Å². The molecule has 0 saturated carbocycles. The zero-order valence-electron chi connectivity index (χ0n) is 18.3. The van der Waals surface area contributed by atoms with Crippen LogP contribution < -0.4 is 10.1 Å². The molecule has 1 aromatic heterocycles. The van der Waals surface area contributed by atoms with Crippen LogP contribution in [0, 0.1) is 5.92 Å². The number of aliphatic carboxylic acids is 1. The Morgan fingerprint density at radius 1 is 1.03 bits per heavy atom. The zero-order chi connectivity index (χ0) is 23.9. The number of ether oxygens (including phenoxy) is 1. The van der Waals surface area contributed by atoms with Crippen LogP contribution in [0.15, 0.2) is 67.1 Å². The number of alkyl halides is 2. The second-order valence-corrected chi connectivity index (χ2v) is 7.91. The Labute approximate surface area is 195 Å². The smallest absolute Gasteiger partial charge is 0.387 e. The number of carbonyl (C=O) groups is 1. The first-order valence-corrected chi connectivity index (χ1v) is 10.9. The van der Waals surface area contributed by atoms with Crippen molar-refractivity contribution in [3.63, 3.8) is 0 Å². The van der Waals surface area contributed by atoms with E-state index in [1.54, 1.807) is 24.5 Å². The van der Waals surface area contributed by atoms with Gasteiger partial charge in [0.2, 0.25) is 5.95 Å². The van der Waals surface area contributed by atoms with Crippen molar-refractivity contribution >= 4 is 23.7 Å². The maximum atomic E-state index is 12.3. The van der Waals surface area contributed by atoms with Gasteiger partial charge in [0.25, 0.3) is 0 Å². The SMILES string of the molecule is O=C(O)C1CCN(C=Cc2ccc(Nc3ncc(-c4ccc(OC(F)F)cc4)cn3)cc2)CC1. The van der Waals surface area contributed by atoms with Crippen molar-refractivity contribution in [1.29, 1.82) is 0 Å². The number of hydrogen-bond acceptors (Lipinski definition) is 6. The van der Waals surface area contributed by atoms with Crippen LogP contribution >= 0.6 is 0 Å². The molecular weight excluding hydrogens is 442 g/mol. The van der Waals surface area contributed by atoms with Gasteiger partial charge in [0.1, 0.15) is 5.75 Å². The second-order valence-electron chi connectivity index (χ2n) is 7.91. The van der Waals surface area contributed by atoms with Crippen LogP contribution in [0.4, 0.5) is 20.4 Å². The van der Waals surface area contributed by atoms with Gasteiger partial charge in [-0.05, 0) is 60.5 Å². The molecule has 0 amide bonds. The van der Waals surface area contributed by atoms with E-state index in [2.05, 4.69) is 24.9 Å². The van der Waals surface area contributed by atoms with Crippen LogP contribution in [0.3, 0.4) is 0 Å². The molecule has 2 heterocycles. The molecule has 0 aliphatic carbocycles. The Balaban J connectivity index is 1.31. The Morgan fingerprint density at radius 2 is 1.68 bits per heavy atom. The minimum absolute atomic E-state index is 0.0963. The van der Waals surface area contributed by atoms with E-state index < -0.39 is 12.6 Å². The monoisotopic (exact) mass is 466 g/mol. The molecule has 0 atom stereocenters. The van der Waals surface area contributed by atoms with Gasteiger partial charge < -0.3 is 20.1 Å². The van der Waals surface area contributed by atoms with Gasteiger partial charge in [0.05, 0.1) is 5.92 Å². The number of rotatable bonds is 8. The van der Waals surface area contributed by atoms with Crippen LogP contribution in [0.25, 0.3) is 17.2 Å². The summed E-state index contributed by atoms with van der Waals surface area (Å²) in [6, 6.07) is 14.1. The molecule has 2 N–H and O–H groups in total. The number of carboxylic acids is 1. The molecule has 4 rings (SSSR count). The van der Waals surface area contributed by atoms with Crippen molar-refractivity contribution in [2.24, 2.45) is 5.92 Å². The van der Waals surface area contributed by atoms with Crippen molar-refractivity contribution in [2.45, 2.75) is 19.5 Å². The molecule has 0 spiro atoms. The highest BCUT2D eigenvalue weighted by Gasteiger charge is 2.22. The van der Waals surface area contributed by atoms with E-state index in [1.165, 1.54) is 12.1 Å². The quantitative estimate of drug-likeness (QED) is 0.468. The number of nitrogens with zero attached hydrogens (tertiary/aromatic N) is 3. The Hall–Kier alpha value is -4.01. The number of likely N-dealkylation sites (tertiary alicyclic amines) is 1. The summed E-state index contributed by atoms with van der Waals surface area (Å²) in [5.41, 5.74) is 3.40. The molecule has 1 saturated heterocycles. The zero-order valence-corrected chi connectivity index (χ0v) is 18.3. The molecule has 3 aromatic rings. The summed E-state index contributed by atoms with van der Waals surface area (Å²) in [7, 11) is 0. The summed E-state index contributed by atoms with van der Waals surface area (Å²) in [6.07, 6.45) is 8.66. The molecule has 1 fully saturated rings. The lowest BCUT2D eigenvalue weighted by Crippen LogP contribution is -2.32. The van der Waals surface area contributed by atoms with Crippen molar-refractivity contribution < 1.29 is 23.4 Å². The third kappa shape index (κ3) is 6.28. The number of benzene rings is 2. The highest BCUT2D eigenvalue weighted by molar-refractivity contribution is 5.70. The molecule has 7 nitrogen and oxygen atoms in total. The van der Waals surface area contributed by atoms with Crippen molar-refractivity contribution in [2.75, 3.05) is 18.4 Å². The fraction of sp³-hybridized carbons (Fsp3) is 0.240. The maximum Gasteiger partial charge on any atom is 0.387 e. The first kappa shape index (κ1) is 23.2. The van der Waals surface area contributed by atoms with Crippen molar-refractivity contribution in [3.8, 4) is 16.9 Å². The van der Waals surface area contributed by atoms with Gasteiger partial charge in [0, 0.05) is 36.7 Å². The Bertz CT molecular complexity index is 1110. The topological polar surface area (TPSA) is 87.6 Å². The molecule has 34 heavy (non-hydrogen) atoms. The predicted molar refractivity (Wildman–Crippen MR) is 125 cm³/mol. The molecule has 2 aromatic carbocycles. The van der Waals surface area contributed by atoms with Gasteiger partial charge in [-0.2, -0.15) is 8.78 Å². The molecule has 1 aliphatic heterocycles. The van der Waals surface area contributed by atoms with Gasteiger partial charge >= 0.3 is 12.6 Å². The van der Waals surface area contributed by atoms with Gasteiger partial charge in [-0.25, -0.2) is 9.97 Å². The van der Waals surface area contributed by atoms with Crippen LogP contribution in [0.5, 0.6) is 5.75 Å². The number of aromatic nitrogens is 2. The summed E-state index contributed by atoms with van der Waals surface area (Å²) in [4.78, 5) is 21.8. The number of carboxylic acid groups (broad SMARTS) is 1. The van der Waals surface area contributed by atoms with Crippen molar-refractivity contribution in [3.05, 3.63) is 72.7 Å². The van der Waals surface area contributed by atoms with Crippen LogP contribution in [-0.4, -0.2) is 45.6 Å². The average molecular weight is 466 g/mol. The van der Waals surface area contributed by atoms with E-state index in [-0.39, 0.29) is 11.7 Å². The van der Waals surface area contributed by atoms with Crippen molar-refractivity contribution in [1.82, 2.24) is 14.9 Å². The van der Waals surface area contributed by atoms with Crippen LogP contribution in [0.1, 0.15) is 18.4 Å². The number of anilines is 2. The first-order chi connectivity index (χ1) is 16.5. The fourth-order valence-corrected chi connectivity index (χ4v) is 3.66. The summed E-state index contributed by atoms with van der Waals surface area (Å²) in [5, 5.41) is 12.2. The Morgan fingerprint density at radius 3 is 2.26 bits per heavy atom. The molecular formula is C25H24F2N4O3. The standard InChI is InChI=1S/C25H24F2N4O3/c26-24(27)34-22-7-3-18(4-8-22)20-15-28-25(29-16-20)30-21-5-1-17(2-6-21)9-12-31-13-10-19(11-14-31)23(32)33/h1-9,12,15-16,19,24H,10-11,13-14H2,(H,32,33)(H,28,29,30). The normalized spacial score (nSPS) is 14.5. The van der Waals surface area contributed by atoms with E-state index in [4.69, 9.17) is 5.11 Å². The third-order valence-corrected chi connectivity index (χ3v) is 5.59. The van der Waals surface area contributed by atoms with E-state index in [9.17, 15) is 13.6 Å². The van der Waals surface area contributed by atoms with Gasteiger partial charge in [0.15, 0.2) is 0 Å². The van der Waals surface area contributed by atoms with E-state index >= 15 is 0 Å². The van der Waals surface area contributed by atoms with Gasteiger partial charge in [-0.3, -0.25) is 4.79 Å². The Kier molecular flexibility index (Phi) is 7.31. The summed E-state index contributed by atoms with van der Waals surface area (Å²) in [5.74, 6) is -0.411. The lowest BCUT2D eigenvalue weighted by atomic mass is 9.97. The average Bonchev–Trinajstić information content (AvgIpc) is 2.84. The van der Waals surface area contributed by atoms with E-state index in [0.29, 0.717) is 18.8 Å². The number of piperidine rings is 1. The highest BCUT2D eigenvalue weighted by atomic mass is 19.3. The molecule has 0 bridgehead atoms. The fourth-order valence-electron chi connectivity index (χ4n) is 3.66. The maximum absolute atomic E-state index is 12.3. The largest absolute Gasteiger partial charge is 0.481 e. The molecule has 0 unspecified atom stereocenters. The summed E-state index contributed by atoms with van der Waals surface area (Å²) in [6.45, 7) is -1.37. The summed E-state index contributed by atoms with van der Waals surface area (Å²) >= 11 is 0. The molecule has 9 heteroatoms. The number of hydrogen-bond donors (Lipinski definition) is 2. The minimum Gasteiger partial charge on any atom is -0.481 e. The summed E-state index contributed by atoms with van der Waals surface area (Å²) < 4.78 is 28.9. The molecule has 0 radical (unpaired) electrons. The first-order valence-electron chi connectivity index (χ1n) is 10.9. The second kappa shape index (κ2) is 10.7. The number of nitrogens with one attached hydrogen (secondary N) is 1.